The van der Waals surface area contributed by atoms with E-state index in [4.69, 9.17) is 4.74 Å². The Morgan fingerprint density at radius 3 is 2.62 bits per heavy atom. The number of ether oxygens (including phenoxy) is 1. The average molecular weight is 433 g/mol. The summed E-state index contributed by atoms with van der Waals surface area (Å²) in [6, 6.07) is 10.0. The number of amides is 2. The molecule has 2 amide bonds. The number of carbonyl (C=O) groups is 2. The molecule has 0 N–H and O–H groups in total. The Balaban J connectivity index is 1.55. The van der Waals surface area contributed by atoms with Crippen LogP contribution in [0.2, 0.25) is 0 Å². The molecule has 0 unspecified atom stereocenters. The predicted molar refractivity (Wildman–Crippen MR) is 113 cm³/mol. The molecular weight excluding hydrogens is 408 g/mol. The number of carbonyl (C=O) groups excluding carboxylic acids is 2. The molecule has 1 saturated carbocycles. The molecule has 0 spiro atoms. The van der Waals surface area contributed by atoms with Crippen LogP contribution in [0.1, 0.15) is 37.0 Å². The molecule has 9 heteroatoms. The molecule has 2 aliphatic rings. The lowest BCUT2D eigenvalue weighted by atomic mass is 10.1. The molecule has 4 rings (SSSR count). The zero-order chi connectivity index (χ0) is 20.2. The summed E-state index contributed by atoms with van der Waals surface area (Å²) >= 11 is 2.80. The Labute approximate surface area is 178 Å². The van der Waals surface area contributed by atoms with Gasteiger partial charge < -0.3 is 9.64 Å². The highest BCUT2D eigenvalue weighted by Crippen LogP contribution is 2.41. The minimum Gasteiger partial charge on any atom is -0.378 e. The van der Waals surface area contributed by atoms with E-state index in [1.165, 1.54) is 23.1 Å². The third kappa shape index (κ3) is 4.79. The van der Waals surface area contributed by atoms with Crippen LogP contribution >= 0.6 is 23.1 Å². The Kier molecular flexibility index (Phi) is 6.46. The quantitative estimate of drug-likeness (QED) is 0.494. The van der Waals surface area contributed by atoms with Crippen molar-refractivity contribution < 1.29 is 14.3 Å². The zero-order valence-electron chi connectivity index (χ0n) is 16.3. The third-order valence-electron chi connectivity index (χ3n) is 4.95. The number of hydrogen-bond acceptors (Lipinski definition) is 7. The lowest BCUT2D eigenvalue weighted by Crippen LogP contribution is -2.42. The smallest absolute Gasteiger partial charge is 0.240 e. The number of nitrogens with zero attached hydrogens (tertiary/aromatic N) is 4. The first kappa shape index (κ1) is 20.3. The number of morpholine rings is 1. The average Bonchev–Trinajstić information content (AvgIpc) is 3.50. The lowest BCUT2D eigenvalue weighted by molar-refractivity contribution is -0.134. The molecule has 0 bridgehead atoms. The van der Waals surface area contributed by atoms with Gasteiger partial charge in [-0.05, 0) is 18.4 Å². The van der Waals surface area contributed by atoms with E-state index in [-0.39, 0.29) is 17.9 Å². The van der Waals surface area contributed by atoms with Crippen LogP contribution in [0.3, 0.4) is 0 Å². The molecule has 1 atom stereocenters. The summed E-state index contributed by atoms with van der Waals surface area (Å²) in [7, 11) is 0. The standard InChI is InChI=1S/C20H24N4O3S2/c1-2-16(25)24(15-8-9-15)19-21-22-20(29-19)28-17(14-6-4-3-5-7-14)18(26)23-10-12-27-13-11-23/h3-7,15,17H,2,8-13H2,1H3/t17-/m1/s1. The van der Waals surface area contributed by atoms with Gasteiger partial charge in [0.05, 0.1) is 13.2 Å². The highest BCUT2D eigenvalue weighted by molar-refractivity contribution is 8.01. The van der Waals surface area contributed by atoms with Gasteiger partial charge in [0, 0.05) is 25.6 Å². The predicted octanol–water partition coefficient (Wildman–Crippen LogP) is 3.14. The van der Waals surface area contributed by atoms with Crippen molar-refractivity contribution in [1.82, 2.24) is 15.1 Å². The second-order valence-corrected chi connectivity index (χ2v) is 9.35. The van der Waals surface area contributed by atoms with E-state index < -0.39 is 5.25 Å². The fourth-order valence-electron chi connectivity index (χ4n) is 3.26. The minimum atomic E-state index is -0.397. The van der Waals surface area contributed by atoms with Crippen LogP contribution in [0.25, 0.3) is 0 Å². The molecule has 2 aromatic rings. The molecule has 1 aliphatic heterocycles. The third-order valence-corrected chi connectivity index (χ3v) is 7.20. The summed E-state index contributed by atoms with van der Waals surface area (Å²) in [4.78, 5) is 29.2. The van der Waals surface area contributed by atoms with Crippen LogP contribution in [0, 0.1) is 0 Å². The number of anilines is 1. The van der Waals surface area contributed by atoms with Crippen LogP contribution in [-0.2, 0) is 14.3 Å². The first-order chi connectivity index (χ1) is 14.2. The molecule has 0 radical (unpaired) electrons. The molecule has 7 nitrogen and oxygen atoms in total. The van der Waals surface area contributed by atoms with Crippen molar-refractivity contribution in [3.8, 4) is 0 Å². The maximum atomic E-state index is 13.3. The van der Waals surface area contributed by atoms with Gasteiger partial charge >= 0.3 is 0 Å². The molecular formula is C20H24N4O3S2. The number of thioether (sulfide) groups is 1. The molecule has 2 heterocycles. The van der Waals surface area contributed by atoms with Gasteiger partial charge in [0.2, 0.25) is 16.9 Å². The minimum absolute atomic E-state index is 0.0601. The normalized spacial score (nSPS) is 17.8. The van der Waals surface area contributed by atoms with E-state index in [9.17, 15) is 9.59 Å². The van der Waals surface area contributed by atoms with E-state index in [1.54, 1.807) is 4.90 Å². The SMILES string of the molecule is CCC(=O)N(c1nnc(S[C@@H](C(=O)N2CCOCC2)c2ccccc2)s1)C1CC1. The zero-order valence-corrected chi connectivity index (χ0v) is 18.0. The van der Waals surface area contributed by atoms with E-state index >= 15 is 0 Å². The molecule has 1 saturated heterocycles. The highest BCUT2D eigenvalue weighted by Gasteiger charge is 2.36. The Bertz CT molecular complexity index is 850. The van der Waals surface area contributed by atoms with Crippen molar-refractivity contribution in [3.63, 3.8) is 0 Å². The van der Waals surface area contributed by atoms with Gasteiger partial charge in [-0.2, -0.15) is 0 Å². The second-order valence-electron chi connectivity index (χ2n) is 7.05. The van der Waals surface area contributed by atoms with E-state index in [0.29, 0.717) is 42.2 Å². The first-order valence-corrected chi connectivity index (χ1v) is 11.6. The second kappa shape index (κ2) is 9.23. The molecule has 2 fully saturated rings. The fourth-order valence-corrected chi connectivity index (χ4v) is 5.46. The molecule has 1 aromatic heterocycles. The number of rotatable bonds is 7. The van der Waals surface area contributed by atoms with Crippen molar-refractivity contribution in [2.75, 3.05) is 31.2 Å². The molecule has 1 aromatic carbocycles. The maximum Gasteiger partial charge on any atom is 0.240 e. The Morgan fingerprint density at radius 2 is 1.97 bits per heavy atom. The van der Waals surface area contributed by atoms with E-state index in [0.717, 1.165) is 18.4 Å². The summed E-state index contributed by atoms with van der Waals surface area (Å²) < 4.78 is 6.09. The molecule has 1 aliphatic carbocycles. The van der Waals surface area contributed by atoms with Gasteiger partial charge in [0.15, 0.2) is 4.34 Å². The Hall–Kier alpha value is -1.97. The first-order valence-electron chi connectivity index (χ1n) is 9.91. The van der Waals surface area contributed by atoms with Gasteiger partial charge in [-0.15, -0.1) is 10.2 Å². The largest absolute Gasteiger partial charge is 0.378 e. The number of aromatic nitrogens is 2. The monoisotopic (exact) mass is 432 g/mol. The summed E-state index contributed by atoms with van der Waals surface area (Å²) in [5.74, 6) is 0.133. The maximum absolute atomic E-state index is 13.3. The number of hydrogen-bond donors (Lipinski definition) is 0. The van der Waals surface area contributed by atoms with Crippen LogP contribution in [-0.4, -0.2) is 59.3 Å². The summed E-state index contributed by atoms with van der Waals surface area (Å²) in [6.45, 7) is 4.20. The van der Waals surface area contributed by atoms with Gasteiger partial charge in [-0.25, -0.2) is 0 Å². The summed E-state index contributed by atoms with van der Waals surface area (Å²) in [5.41, 5.74) is 0.939. The topological polar surface area (TPSA) is 75.6 Å². The van der Waals surface area contributed by atoms with E-state index in [2.05, 4.69) is 10.2 Å². The van der Waals surface area contributed by atoms with Crippen molar-refractivity contribution in [2.24, 2.45) is 0 Å². The van der Waals surface area contributed by atoms with Gasteiger partial charge in [0.25, 0.3) is 0 Å². The molecule has 29 heavy (non-hydrogen) atoms. The fraction of sp³-hybridized carbons (Fsp3) is 0.500. The van der Waals surface area contributed by atoms with Crippen LogP contribution in [0.4, 0.5) is 5.13 Å². The van der Waals surface area contributed by atoms with Crippen molar-refractivity contribution in [2.45, 2.75) is 41.8 Å². The highest BCUT2D eigenvalue weighted by atomic mass is 32.2. The lowest BCUT2D eigenvalue weighted by Gasteiger charge is -2.30. The van der Waals surface area contributed by atoms with Crippen LogP contribution in [0.15, 0.2) is 34.7 Å². The van der Waals surface area contributed by atoms with Gasteiger partial charge in [-0.3, -0.25) is 14.5 Å². The summed E-state index contributed by atoms with van der Waals surface area (Å²) in [5, 5.41) is 8.81. The van der Waals surface area contributed by atoms with E-state index in [1.807, 2.05) is 42.2 Å². The van der Waals surface area contributed by atoms with Crippen LogP contribution in [0.5, 0.6) is 0 Å². The Morgan fingerprint density at radius 1 is 1.24 bits per heavy atom. The molecule has 154 valence electrons. The van der Waals surface area contributed by atoms with Crippen molar-refractivity contribution in [3.05, 3.63) is 35.9 Å². The summed E-state index contributed by atoms with van der Waals surface area (Å²) in [6.07, 6.45) is 2.46. The van der Waals surface area contributed by atoms with Gasteiger partial charge in [0.1, 0.15) is 5.25 Å². The van der Waals surface area contributed by atoms with Crippen LogP contribution < -0.4 is 4.90 Å². The van der Waals surface area contributed by atoms with Crippen molar-refractivity contribution >= 4 is 40.0 Å². The van der Waals surface area contributed by atoms with Gasteiger partial charge in [-0.1, -0.05) is 60.4 Å². The van der Waals surface area contributed by atoms with Crippen molar-refractivity contribution in [1.29, 1.82) is 0 Å². The number of benzene rings is 1.